The summed E-state index contributed by atoms with van der Waals surface area (Å²) in [6.45, 7) is 5.07. The highest BCUT2D eigenvalue weighted by molar-refractivity contribution is 5.80. The largest absolute Gasteiger partial charge is 0.480 e. The Morgan fingerprint density at radius 1 is 1.42 bits per heavy atom. The molecule has 2 N–H and O–H groups in total. The van der Waals surface area contributed by atoms with Crippen LogP contribution in [0.1, 0.15) is 52.4 Å². The molecule has 1 heterocycles. The van der Waals surface area contributed by atoms with Crippen LogP contribution < -0.4 is 5.32 Å². The summed E-state index contributed by atoms with van der Waals surface area (Å²) in [6.07, 6.45) is 5.98. The van der Waals surface area contributed by atoms with E-state index in [1.165, 1.54) is 12.8 Å². The fraction of sp³-hybridized carbons (Fsp3) is 0.857. The van der Waals surface area contributed by atoms with Gasteiger partial charge in [0.05, 0.1) is 6.54 Å². The average Bonchev–Trinajstić information content (AvgIpc) is 2.77. The zero-order valence-corrected chi connectivity index (χ0v) is 12.0. The Bertz CT molecular complexity index is 307. The molecule has 1 amide bonds. The van der Waals surface area contributed by atoms with Gasteiger partial charge in [0.1, 0.15) is 6.04 Å². The molecule has 0 aliphatic carbocycles. The van der Waals surface area contributed by atoms with Crippen LogP contribution in [0.2, 0.25) is 0 Å². The van der Waals surface area contributed by atoms with E-state index in [1.54, 1.807) is 4.90 Å². The number of hydrogen-bond acceptors (Lipinski definition) is 3. The number of carboxylic acid groups (broad SMARTS) is 1. The van der Waals surface area contributed by atoms with Crippen LogP contribution in [-0.4, -0.2) is 47.1 Å². The standard InChI is InChI=1S/C14H26N2O3/c1-3-4-5-7-11(2)15-13(17)10-16-9-6-8-12(16)14(18)19/h11-12H,3-10H2,1-2H3,(H,15,17)(H,18,19). The van der Waals surface area contributed by atoms with Crippen LogP contribution in [0.15, 0.2) is 0 Å². The van der Waals surface area contributed by atoms with Crippen molar-refractivity contribution in [2.45, 2.75) is 64.5 Å². The first-order chi connectivity index (χ1) is 9.04. The molecule has 5 nitrogen and oxygen atoms in total. The van der Waals surface area contributed by atoms with Gasteiger partial charge < -0.3 is 10.4 Å². The first-order valence-corrected chi connectivity index (χ1v) is 7.30. The molecule has 2 atom stereocenters. The van der Waals surface area contributed by atoms with Gasteiger partial charge in [0.25, 0.3) is 0 Å². The van der Waals surface area contributed by atoms with Crippen molar-refractivity contribution >= 4 is 11.9 Å². The number of unbranched alkanes of at least 4 members (excludes halogenated alkanes) is 2. The Morgan fingerprint density at radius 3 is 2.79 bits per heavy atom. The lowest BCUT2D eigenvalue weighted by molar-refractivity contribution is -0.142. The minimum atomic E-state index is -0.818. The van der Waals surface area contributed by atoms with Crippen LogP contribution in [0.4, 0.5) is 0 Å². The van der Waals surface area contributed by atoms with Crippen molar-refractivity contribution in [3.63, 3.8) is 0 Å². The van der Waals surface area contributed by atoms with Gasteiger partial charge in [0, 0.05) is 6.04 Å². The van der Waals surface area contributed by atoms with Crippen LogP contribution >= 0.6 is 0 Å². The van der Waals surface area contributed by atoms with Crippen LogP contribution in [0.5, 0.6) is 0 Å². The van der Waals surface area contributed by atoms with E-state index in [-0.39, 0.29) is 18.5 Å². The van der Waals surface area contributed by atoms with E-state index in [9.17, 15) is 9.59 Å². The van der Waals surface area contributed by atoms with Gasteiger partial charge in [0.2, 0.25) is 5.91 Å². The number of amides is 1. The summed E-state index contributed by atoms with van der Waals surface area (Å²) in [5, 5.41) is 12.0. The van der Waals surface area contributed by atoms with Crippen molar-refractivity contribution in [3.05, 3.63) is 0 Å². The monoisotopic (exact) mass is 270 g/mol. The molecule has 5 heteroatoms. The summed E-state index contributed by atoms with van der Waals surface area (Å²) in [7, 11) is 0. The second-order valence-corrected chi connectivity index (χ2v) is 5.43. The van der Waals surface area contributed by atoms with Crippen molar-refractivity contribution < 1.29 is 14.7 Å². The van der Waals surface area contributed by atoms with Crippen LogP contribution in [-0.2, 0) is 9.59 Å². The molecule has 2 unspecified atom stereocenters. The van der Waals surface area contributed by atoms with Gasteiger partial charge in [-0.1, -0.05) is 26.2 Å². The number of carbonyl (C=O) groups excluding carboxylic acids is 1. The molecule has 1 rings (SSSR count). The lowest BCUT2D eigenvalue weighted by Crippen LogP contribution is -2.45. The van der Waals surface area contributed by atoms with Gasteiger partial charge in [-0.15, -0.1) is 0 Å². The average molecular weight is 270 g/mol. The zero-order chi connectivity index (χ0) is 14.3. The van der Waals surface area contributed by atoms with E-state index < -0.39 is 12.0 Å². The fourth-order valence-electron chi connectivity index (χ4n) is 2.57. The summed E-state index contributed by atoms with van der Waals surface area (Å²) >= 11 is 0. The number of nitrogens with one attached hydrogen (secondary N) is 1. The van der Waals surface area contributed by atoms with Crippen molar-refractivity contribution in [2.75, 3.05) is 13.1 Å². The SMILES string of the molecule is CCCCCC(C)NC(=O)CN1CCCC1C(=O)O. The minimum Gasteiger partial charge on any atom is -0.480 e. The molecular formula is C14H26N2O3. The lowest BCUT2D eigenvalue weighted by atomic mass is 10.1. The highest BCUT2D eigenvalue weighted by atomic mass is 16.4. The van der Waals surface area contributed by atoms with Crippen molar-refractivity contribution in [3.8, 4) is 0 Å². The molecular weight excluding hydrogens is 244 g/mol. The Balaban J connectivity index is 2.28. The lowest BCUT2D eigenvalue weighted by Gasteiger charge is -2.21. The number of carboxylic acids is 1. The number of aliphatic carboxylic acids is 1. The molecule has 1 aliphatic heterocycles. The van der Waals surface area contributed by atoms with Crippen molar-refractivity contribution in [2.24, 2.45) is 0 Å². The molecule has 0 radical (unpaired) electrons. The number of carbonyl (C=O) groups is 2. The third-order valence-electron chi connectivity index (χ3n) is 3.64. The Morgan fingerprint density at radius 2 is 2.16 bits per heavy atom. The third kappa shape index (κ3) is 5.59. The van der Waals surface area contributed by atoms with Gasteiger partial charge in [0.15, 0.2) is 0 Å². The van der Waals surface area contributed by atoms with Gasteiger partial charge >= 0.3 is 5.97 Å². The Hall–Kier alpha value is -1.10. The maximum atomic E-state index is 11.9. The van der Waals surface area contributed by atoms with Gasteiger partial charge in [-0.05, 0) is 32.7 Å². The molecule has 19 heavy (non-hydrogen) atoms. The summed E-state index contributed by atoms with van der Waals surface area (Å²) in [5.41, 5.74) is 0. The molecule has 1 saturated heterocycles. The minimum absolute atomic E-state index is 0.0582. The maximum Gasteiger partial charge on any atom is 0.320 e. The molecule has 0 aromatic carbocycles. The summed E-state index contributed by atoms with van der Waals surface area (Å²) in [5.74, 6) is -0.876. The number of rotatable bonds is 8. The normalized spacial score (nSPS) is 21.3. The first-order valence-electron chi connectivity index (χ1n) is 7.30. The van der Waals surface area contributed by atoms with Gasteiger partial charge in [-0.25, -0.2) is 0 Å². The molecule has 0 aromatic heterocycles. The molecule has 0 aromatic rings. The first kappa shape index (κ1) is 16.0. The summed E-state index contributed by atoms with van der Waals surface area (Å²) in [4.78, 5) is 24.6. The zero-order valence-electron chi connectivity index (χ0n) is 12.0. The quantitative estimate of drug-likeness (QED) is 0.658. The molecule has 0 spiro atoms. The van der Waals surface area contributed by atoms with E-state index >= 15 is 0 Å². The highest BCUT2D eigenvalue weighted by Gasteiger charge is 2.31. The fourth-order valence-corrected chi connectivity index (χ4v) is 2.57. The number of hydrogen-bond donors (Lipinski definition) is 2. The Labute approximate surface area is 115 Å². The van der Waals surface area contributed by atoms with E-state index in [4.69, 9.17) is 5.11 Å². The summed E-state index contributed by atoms with van der Waals surface area (Å²) in [6, 6.07) is -0.314. The topological polar surface area (TPSA) is 69.6 Å². The highest BCUT2D eigenvalue weighted by Crippen LogP contribution is 2.16. The third-order valence-corrected chi connectivity index (χ3v) is 3.64. The predicted molar refractivity (Wildman–Crippen MR) is 74.0 cm³/mol. The molecule has 1 aliphatic rings. The van der Waals surface area contributed by atoms with E-state index in [1.807, 2.05) is 6.92 Å². The molecule has 0 bridgehead atoms. The van der Waals surface area contributed by atoms with Crippen molar-refractivity contribution in [1.29, 1.82) is 0 Å². The number of likely N-dealkylation sites (tertiary alicyclic amines) is 1. The maximum absolute atomic E-state index is 11.9. The molecule has 0 saturated carbocycles. The smallest absolute Gasteiger partial charge is 0.320 e. The van der Waals surface area contributed by atoms with Gasteiger partial charge in [-0.3, -0.25) is 14.5 Å². The Kier molecular flexibility index (Phi) is 6.84. The predicted octanol–water partition coefficient (Wildman–Crippen LogP) is 1.62. The van der Waals surface area contributed by atoms with E-state index in [2.05, 4.69) is 12.2 Å². The van der Waals surface area contributed by atoms with Crippen molar-refractivity contribution in [1.82, 2.24) is 10.2 Å². The molecule has 1 fully saturated rings. The van der Waals surface area contributed by atoms with Gasteiger partial charge in [-0.2, -0.15) is 0 Å². The van der Waals surface area contributed by atoms with E-state index in [0.717, 1.165) is 19.3 Å². The number of nitrogens with zero attached hydrogens (tertiary/aromatic N) is 1. The van der Waals surface area contributed by atoms with Crippen LogP contribution in [0.25, 0.3) is 0 Å². The molecule has 110 valence electrons. The van der Waals surface area contributed by atoms with Crippen LogP contribution in [0.3, 0.4) is 0 Å². The second kappa shape index (κ2) is 8.15. The summed E-state index contributed by atoms with van der Waals surface area (Å²) < 4.78 is 0. The second-order valence-electron chi connectivity index (χ2n) is 5.43. The van der Waals surface area contributed by atoms with E-state index in [0.29, 0.717) is 13.0 Å². The van der Waals surface area contributed by atoms with Crippen LogP contribution in [0, 0.1) is 0 Å².